The van der Waals surface area contributed by atoms with E-state index < -0.39 is 5.97 Å². The van der Waals surface area contributed by atoms with Gasteiger partial charge in [0.05, 0.1) is 5.92 Å². The van der Waals surface area contributed by atoms with Gasteiger partial charge in [-0.2, -0.15) is 0 Å². The van der Waals surface area contributed by atoms with Crippen molar-refractivity contribution in [2.24, 2.45) is 0 Å². The smallest absolute Gasteiger partial charge is 0.331 e. The third kappa shape index (κ3) is 4.26. The lowest BCUT2D eigenvalue weighted by molar-refractivity contribution is -0.136. The number of carbonyl (C=O) groups is 3. The highest BCUT2D eigenvalue weighted by atomic mass is 35.5. The number of aryl methyl sites for hydroxylation is 1. The normalized spacial score (nSPS) is 15.5. The molecule has 2 aromatic carbocycles. The molecule has 0 radical (unpaired) electrons. The molecule has 0 bridgehead atoms. The van der Waals surface area contributed by atoms with Crippen molar-refractivity contribution in [3.05, 3.63) is 69.8 Å². The van der Waals surface area contributed by atoms with Crippen LogP contribution in [0.5, 0.6) is 0 Å². The van der Waals surface area contributed by atoms with Crippen LogP contribution < -0.4 is 5.32 Å². The highest BCUT2D eigenvalue weighted by molar-refractivity contribution is 6.31. The Bertz CT molecular complexity index is 965. The maximum absolute atomic E-state index is 12.3. The summed E-state index contributed by atoms with van der Waals surface area (Å²) in [5, 5.41) is 3.36. The molecule has 1 aliphatic rings. The lowest BCUT2D eigenvalue weighted by Crippen LogP contribution is -2.13. The molecule has 0 aromatic heterocycles. The predicted molar refractivity (Wildman–Crippen MR) is 104 cm³/mol. The van der Waals surface area contributed by atoms with Gasteiger partial charge in [0, 0.05) is 22.3 Å². The van der Waals surface area contributed by atoms with Gasteiger partial charge in [-0.15, -0.1) is 0 Å². The molecule has 0 saturated heterocycles. The summed E-state index contributed by atoms with van der Waals surface area (Å²) in [6, 6.07) is 10.4. The van der Waals surface area contributed by atoms with E-state index in [1.54, 1.807) is 37.3 Å². The summed E-state index contributed by atoms with van der Waals surface area (Å²) in [5.74, 6) is -1.35. The minimum Gasteiger partial charge on any atom is -0.454 e. The Balaban J connectivity index is 1.59. The average Bonchev–Trinajstić information content (AvgIpc) is 2.94. The van der Waals surface area contributed by atoms with Gasteiger partial charge in [-0.05, 0) is 60.9 Å². The van der Waals surface area contributed by atoms with Crippen molar-refractivity contribution >= 4 is 41.0 Å². The molecule has 0 fully saturated rings. The first-order valence-electron chi connectivity index (χ1n) is 8.44. The first-order chi connectivity index (χ1) is 12.8. The van der Waals surface area contributed by atoms with Gasteiger partial charge in [0.25, 0.3) is 0 Å². The van der Waals surface area contributed by atoms with Crippen LogP contribution in [-0.4, -0.2) is 24.3 Å². The number of halogens is 1. The first kappa shape index (κ1) is 18.9. The van der Waals surface area contributed by atoms with Crippen LogP contribution in [0.4, 0.5) is 5.69 Å². The molecule has 0 unspecified atom stereocenters. The van der Waals surface area contributed by atoms with Crippen LogP contribution in [0.3, 0.4) is 0 Å². The second kappa shape index (κ2) is 7.76. The number of hydrogen-bond acceptors (Lipinski definition) is 4. The van der Waals surface area contributed by atoms with Crippen LogP contribution in [0.15, 0.2) is 42.5 Å². The third-order valence-electron chi connectivity index (χ3n) is 4.44. The molecule has 6 heteroatoms. The lowest BCUT2D eigenvalue weighted by atomic mass is 9.99. The Hall–Kier alpha value is -2.92. The van der Waals surface area contributed by atoms with E-state index >= 15 is 0 Å². The molecule has 27 heavy (non-hydrogen) atoms. The number of amides is 1. The van der Waals surface area contributed by atoms with Crippen molar-refractivity contribution in [3.8, 4) is 0 Å². The molecule has 3 rings (SSSR count). The molecule has 2 aromatic rings. The quantitative estimate of drug-likeness (QED) is 0.478. The Morgan fingerprint density at radius 1 is 1.22 bits per heavy atom. The number of ketones is 1. The van der Waals surface area contributed by atoms with Crippen molar-refractivity contribution in [1.82, 2.24) is 0 Å². The van der Waals surface area contributed by atoms with E-state index in [0.29, 0.717) is 16.3 Å². The lowest BCUT2D eigenvalue weighted by Gasteiger charge is -2.06. The summed E-state index contributed by atoms with van der Waals surface area (Å²) in [4.78, 5) is 35.8. The Morgan fingerprint density at radius 3 is 2.74 bits per heavy atom. The highest BCUT2D eigenvalue weighted by Crippen LogP contribution is 2.32. The molecule has 1 heterocycles. The van der Waals surface area contributed by atoms with E-state index in [1.807, 2.05) is 19.1 Å². The van der Waals surface area contributed by atoms with Gasteiger partial charge in [0.15, 0.2) is 12.4 Å². The van der Waals surface area contributed by atoms with E-state index in [1.165, 1.54) is 6.08 Å². The van der Waals surface area contributed by atoms with Gasteiger partial charge in [0.2, 0.25) is 5.91 Å². The fraction of sp³-hybridized carbons (Fsp3) is 0.190. The topological polar surface area (TPSA) is 72.5 Å². The number of esters is 1. The van der Waals surface area contributed by atoms with Gasteiger partial charge in [-0.25, -0.2) is 4.79 Å². The summed E-state index contributed by atoms with van der Waals surface area (Å²) in [6.07, 6.45) is 2.83. The van der Waals surface area contributed by atoms with Gasteiger partial charge < -0.3 is 10.1 Å². The highest BCUT2D eigenvalue weighted by Gasteiger charge is 2.27. The number of fused-ring (bicyclic) bond motifs is 1. The van der Waals surface area contributed by atoms with Crippen molar-refractivity contribution in [1.29, 1.82) is 0 Å². The second-order valence-electron chi connectivity index (χ2n) is 6.39. The summed E-state index contributed by atoms with van der Waals surface area (Å²) in [5.41, 5.74) is 3.59. The van der Waals surface area contributed by atoms with E-state index in [0.717, 1.165) is 16.7 Å². The summed E-state index contributed by atoms with van der Waals surface area (Å²) >= 11 is 6.04. The SMILES string of the molecule is Cc1ccc(/C=C/C(=O)OCC(=O)c2ccc3c(c2)[C@@H](C)C(=O)N3)cc1Cl. The molecular formula is C21H18ClNO4. The molecule has 1 N–H and O–H groups in total. The summed E-state index contributed by atoms with van der Waals surface area (Å²) in [6.45, 7) is 3.30. The van der Waals surface area contributed by atoms with Crippen molar-refractivity contribution < 1.29 is 19.1 Å². The van der Waals surface area contributed by atoms with Crippen LogP contribution in [0, 0.1) is 6.92 Å². The molecule has 1 aliphatic heterocycles. The molecule has 0 saturated carbocycles. The average molecular weight is 384 g/mol. The van der Waals surface area contributed by atoms with Gasteiger partial charge in [0.1, 0.15) is 0 Å². The molecule has 5 nitrogen and oxygen atoms in total. The van der Waals surface area contributed by atoms with E-state index in [-0.39, 0.29) is 24.2 Å². The van der Waals surface area contributed by atoms with Crippen molar-refractivity contribution in [3.63, 3.8) is 0 Å². The number of anilines is 1. The maximum atomic E-state index is 12.3. The number of ether oxygens (including phenoxy) is 1. The predicted octanol–water partition coefficient (Wildman–Crippen LogP) is 4.14. The van der Waals surface area contributed by atoms with Crippen LogP contribution in [0.25, 0.3) is 6.08 Å². The summed E-state index contributed by atoms with van der Waals surface area (Å²) < 4.78 is 5.01. The maximum Gasteiger partial charge on any atom is 0.331 e. The molecular weight excluding hydrogens is 366 g/mol. The summed E-state index contributed by atoms with van der Waals surface area (Å²) in [7, 11) is 0. The molecule has 0 aliphatic carbocycles. The van der Waals surface area contributed by atoms with Crippen LogP contribution in [0.1, 0.15) is 39.9 Å². The second-order valence-corrected chi connectivity index (χ2v) is 6.79. The van der Waals surface area contributed by atoms with E-state index in [4.69, 9.17) is 16.3 Å². The zero-order chi connectivity index (χ0) is 19.6. The Labute approximate surface area is 162 Å². The van der Waals surface area contributed by atoms with Crippen LogP contribution >= 0.6 is 11.6 Å². The molecule has 138 valence electrons. The number of benzene rings is 2. The minimum absolute atomic E-state index is 0.0950. The number of Topliss-reactive ketones (excluding diaryl/α,β-unsaturated/α-hetero) is 1. The monoisotopic (exact) mass is 383 g/mol. The van der Waals surface area contributed by atoms with Crippen molar-refractivity contribution in [2.75, 3.05) is 11.9 Å². The van der Waals surface area contributed by atoms with Gasteiger partial charge in [-0.3, -0.25) is 9.59 Å². The first-order valence-corrected chi connectivity index (χ1v) is 8.82. The zero-order valence-electron chi connectivity index (χ0n) is 14.9. The van der Waals surface area contributed by atoms with Crippen molar-refractivity contribution in [2.45, 2.75) is 19.8 Å². The number of rotatable bonds is 5. The molecule has 1 amide bonds. The standard InChI is InChI=1S/C21H18ClNO4/c1-12-3-4-14(9-17(12)22)5-8-20(25)27-11-19(24)15-6-7-18-16(10-15)13(2)21(26)23-18/h3-10,13H,11H2,1-2H3,(H,23,26)/b8-5+/t13-/m1/s1. The number of nitrogens with one attached hydrogen (secondary N) is 1. The minimum atomic E-state index is -0.619. The Kier molecular flexibility index (Phi) is 5.42. The van der Waals surface area contributed by atoms with Crippen LogP contribution in [-0.2, 0) is 14.3 Å². The number of hydrogen-bond donors (Lipinski definition) is 1. The number of carbonyl (C=O) groups excluding carboxylic acids is 3. The fourth-order valence-corrected chi connectivity index (χ4v) is 2.92. The van der Waals surface area contributed by atoms with E-state index in [2.05, 4.69) is 5.32 Å². The van der Waals surface area contributed by atoms with Gasteiger partial charge >= 0.3 is 5.97 Å². The van der Waals surface area contributed by atoms with E-state index in [9.17, 15) is 14.4 Å². The van der Waals surface area contributed by atoms with Gasteiger partial charge in [-0.1, -0.05) is 23.7 Å². The Morgan fingerprint density at radius 2 is 2.00 bits per heavy atom. The molecule has 0 spiro atoms. The largest absolute Gasteiger partial charge is 0.454 e. The molecule has 1 atom stereocenters. The third-order valence-corrected chi connectivity index (χ3v) is 4.85. The zero-order valence-corrected chi connectivity index (χ0v) is 15.7. The fourth-order valence-electron chi connectivity index (χ4n) is 2.74. The van der Waals surface area contributed by atoms with Crippen LogP contribution in [0.2, 0.25) is 5.02 Å².